The molecule has 2 rings (SSSR count). The van der Waals surface area contributed by atoms with Crippen molar-refractivity contribution in [3.63, 3.8) is 0 Å². The van der Waals surface area contributed by atoms with E-state index in [4.69, 9.17) is 0 Å². The smallest absolute Gasteiger partial charge is 0.115 e. The monoisotopic (exact) mass is 213 g/mol. The van der Waals surface area contributed by atoms with E-state index in [0.717, 1.165) is 11.1 Å². The van der Waals surface area contributed by atoms with E-state index in [1.54, 1.807) is 24.3 Å². The number of phenolic OH excluding ortho intramolecular Hbond substituents is 2. The second-order valence-electron chi connectivity index (χ2n) is 3.74. The molecule has 0 unspecified atom stereocenters. The summed E-state index contributed by atoms with van der Waals surface area (Å²) in [7, 11) is 0. The fourth-order valence-electron chi connectivity index (χ4n) is 1.61. The standard InChI is InChI=1S/C14H13O2/c1-10(11-2-6-13(15)7-3-11)12-4-8-14(16)9-5-12/h2-10,15-16H,1H2. The third-order valence-electron chi connectivity index (χ3n) is 2.59. The molecule has 2 nitrogen and oxygen atoms in total. The van der Waals surface area contributed by atoms with Crippen molar-refractivity contribution < 1.29 is 10.2 Å². The summed E-state index contributed by atoms with van der Waals surface area (Å²) < 4.78 is 0. The van der Waals surface area contributed by atoms with Crippen molar-refractivity contribution >= 4 is 0 Å². The van der Waals surface area contributed by atoms with Gasteiger partial charge < -0.3 is 10.2 Å². The Morgan fingerprint density at radius 2 is 1.00 bits per heavy atom. The predicted molar refractivity (Wildman–Crippen MR) is 63.4 cm³/mol. The van der Waals surface area contributed by atoms with Gasteiger partial charge >= 0.3 is 0 Å². The molecule has 81 valence electrons. The second-order valence-corrected chi connectivity index (χ2v) is 3.74. The van der Waals surface area contributed by atoms with Gasteiger partial charge in [-0.2, -0.15) is 0 Å². The first-order valence-corrected chi connectivity index (χ1v) is 5.08. The lowest BCUT2D eigenvalue weighted by atomic mass is 9.93. The zero-order valence-electron chi connectivity index (χ0n) is 8.80. The number of benzene rings is 2. The number of hydrogen-bond acceptors (Lipinski definition) is 2. The van der Waals surface area contributed by atoms with Crippen molar-refractivity contribution in [2.45, 2.75) is 5.92 Å². The Hall–Kier alpha value is -1.96. The number of phenols is 2. The number of hydrogen-bond donors (Lipinski definition) is 2. The molecule has 0 spiro atoms. The molecule has 0 aromatic heterocycles. The summed E-state index contributed by atoms with van der Waals surface area (Å²) in [5.41, 5.74) is 2.06. The van der Waals surface area contributed by atoms with Gasteiger partial charge in [-0.1, -0.05) is 24.3 Å². The van der Waals surface area contributed by atoms with E-state index in [-0.39, 0.29) is 17.4 Å². The number of rotatable bonds is 2. The lowest BCUT2D eigenvalue weighted by molar-refractivity contribution is 0.475. The molecule has 1 radical (unpaired) electrons. The zero-order chi connectivity index (χ0) is 11.5. The Labute approximate surface area is 94.8 Å². The van der Waals surface area contributed by atoms with Crippen molar-refractivity contribution in [3.8, 4) is 11.5 Å². The molecule has 0 amide bonds. The highest BCUT2D eigenvalue weighted by atomic mass is 16.3. The summed E-state index contributed by atoms with van der Waals surface area (Å²) in [6.07, 6.45) is 0. The topological polar surface area (TPSA) is 40.5 Å². The van der Waals surface area contributed by atoms with Crippen LogP contribution in [0.1, 0.15) is 17.0 Å². The van der Waals surface area contributed by atoms with Gasteiger partial charge in [-0.25, -0.2) is 0 Å². The van der Waals surface area contributed by atoms with E-state index < -0.39 is 0 Å². The maximum absolute atomic E-state index is 9.19. The van der Waals surface area contributed by atoms with Crippen LogP contribution in [-0.2, 0) is 0 Å². The van der Waals surface area contributed by atoms with Crippen molar-refractivity contribution in [2.75, 3.05) is 0 Å². The minimum Gasteiger partial charge on any atom is -0.508 e. The van der Waals surface area contributed by atoms with Crippen LogP contribution in [0.2, 0.25) is 0 Å². The van der Waals surface area contributed by atoms with E-state index in [1.807, 2.05) is 24.3 Å². The SMILES string of the molecule is [CH2]C(c1ccc(O)cc1)c1ccc(O)cc1. The summed E-state index contributed by atoms with van der Waals surface area (Å²) >= 11 is 0. The third kappa shape index (κ3) is 2.16. The molecule has 2 N–H and O–H groups in total. The Morgan fingerprint density at radius 1 is 0.688 bits per heavy atom. The van der Waals surface area contributed by atoms with Crippen LogP contribution >= 0.6 is 0 Å². The molecule has 2 aromatic rings. The summed E-state index contributed by atoms with van der Waals surface area (Å²) in [6, 6.07) is 14.0. The Kier molecular flexibility index (Phi) is 2.82. The largest absolute Gasteiger partial charge is 0.508 e. The summed E-state index contributed by atoms with van der Waals surface area (Å²) in [5.74, 6) is 0.504. The highest BCUT2D eigenvalue weighted by Gasteiger charge is 2.08. The first-order valence-electron chi connectivity index (χ1n) is 5.08. The maximum atomic E-state index is 9.19. The Morgan fingerprint density at radius 3 is 1.31 bits per heavy atom. The van der Waals surface area contributed by atoms with E-state index in [9.17, 15) is 10.2 Å². The number of aromatic hydroxyl groups is 2. The van der Waals surface area contributed by atoms with Gasteiger partial charge in [0.2, 0.25) is 0 Å². The first kappa shape index (κ1) is 10.6. The highest BCUT2D eigenvalue weighted by molar-refractivity contribution is 5.38. The molecule has 0 saturated carbocycles. The minimum atomic E-state index is 0.00111. The van der Waals surface area contributed by atoms with E-state index in [1.165, 1.54) is 0 Å². The quantitative estimate of drug-likeness (QED) is 0.804. The molecule has 0 heterocycles. The van der Waals surface area contributed by atoms with Gasteiger partial charge in [0, 0.05) is 5.92 Å². The average molecular weight is 213 g/mol. The molecule has 0 bridgehead atoms. The zero-order valence-corrected chi connectivity index (χ0v) is 8.80. The average Bonchev–Trinajstić information content (AvgIpc) is 2.30. The van der Waals surface area contributed by atoms with E-state index in [0.29, 0.717) is 0 Å². The molecule has 2 aromatic carbocycles. The van der Waals surface area contributed by atoms with Crippen LogP contribution in [0.15, 0.2) is 48.5 Å². The fraction of sp³-hybridized carbons (Fsp3) is 0.0714. The highest BCUT2D eigenvalue weighted by Crippen LogP contribution is 2.26. The van der Waals surface area contributed by atoms with Gasteiger partial charge in [0.15, 0.2) is 0 Å². The third-order valence-corrected chi connectivity index (χ3v) is 2.59. The molecular formula is C14H13O2. The van der Waals surface area contributed by atoms with Gasteiger partial charge in [-0.15, -0.1) is 0 Å². The minimum absolute atomic E-state index is 0.00111. The van der Waals surface area contributed by atoms with Crippen LogP contribution in [-0.4, -0.2) is 10.2 Å². The molecular weight excluding hydrogens is 200 g/mol. The van der Waals surface area contributed by atoms with Crippen LogP contribution in [0.3, 0.4) is 0 Å². The van der Waals surface area contributed by atoms with Crippen LogP contribution in [0, 0.1) is 6.92 Å². The van der Waals surface area contributed by atoms with Gasteiger partial charge in [0.05, 0.1) is 0 Å². The van der Waals surface area contributed by atoms with Crippen molar-refractivity contribution in [1.29, 1.82) is 0 Å². The van der Waals surface area contributed by atoms with Gasteiger partial charge in [-0.05, 0) is 42.3 Å². The molecule has 0 saturated heterocycles. The lowest BCUT2D eigenvalue weighted by Crippen LogP contribution is -1.95. The van der Waals surface area contributed by atoms with Crippen molar-refractivity contribution in [2.24, 2.45) is 0 Å². The van der Waals surface area contributed by atoms with Gasteiger partial charge in [0.25, 0.3) is 0 Å². The normalized spacial score (nSPS) is 10.6. The Balaban J connectivity index is 2.28. The molecule has 0 aliphatic heterocycles. The molecule has 2 heteroatoms. The van der Waals surface area contributed by atoms with Crippen molar-refractivity contribution in [1.82, 2.24) is 0 Å². The molecule has 0 atom stereocenters. The fourth-order valence-corrected chi connectivity index (χ4v) is 1.61. The predicted octanol–water partition coefficient (Wildman–Crippen LogP) is 3.06. The van der Waals surface area contributed by atoms with Crippen LogP contribution in [0.4, 0.5) is 0 Å². The molecule has 0 fully saturated rings. The second kappa shape index (κ2) is 4.27. The summed E-state index contributed by atoms with van der Waals surface area (Å²) in [5, 5.41) is 18.4. The van der Waals surface area contributed by atoms with E-state index >= 15 is 0 Å². The summed E-state index contributed by atoms with van der Waals surface area (Å²) in [4.78, 5) is 0. The lowest BCUT2D eigenvalue weighted by Gasteiger charge is -2.12. The molecule has 0 aliphatic rings. The van der Waals surface area contributed by atoms with Gasteiger partial charge in [-0.3, -0.25) is 0 Å². The van der Waals surface area contributed by atoms with Gasteiger partial charge in [0.1, 0.15) is 11.5 Å². The van der Waals surface area contributed by atoms with Crippen LogP contribution in [0.5, 0.6) is 11.5 Å². The maximum Gasteiger partial charge on any atom is 0.115 e. The first-order chi connectivity index (χ1) is 7.66. The molecule has 0 aliphatic carbocycles. The van der Waals surface area contributed by atoms with Crippen LogP contribution in [0.25, 0.3) is 0 Å². The summed E-state index contributed by atoms with van der Waals surface area (Å²) in [6.45, 7) is 4.07. The van der Waals surface area contributed by atoms with Crippen molar-refractivity contribution in [3.05, 3.63) is 66.6 Å². The Bertz CT molecular complexity index is 412. The molecule has 16 heavy (non-hydrogen) atoms. The van der Waals surface area contributed by atoms with Crippen LogP contribution < -0.4 is 0 Å². The van der Waals surface area contributed by atoms with E-state index in [2.05, 4.69) is 6.92 Å².